The minimum atomic E-state index is -0.292. The number of unbranched alkanes of at least 4 members (excludes halogenated alkanes) is 1. The second kappa shape index (κ2) is 5.55. The number of rotatable bonds is 5. The maximum absolute atomic E-state index is 5.96. The smallest absolute Gasteiger partial charge is 0.135 e. The van der Waals surface area contributed by atoms with Crippen LogP contribution in [-0.2, 0) is 0 Å². The Morgan fingerprint density at radius 3 is 2.74 bits per heavy atom. The van der Waals surface area contributed by atoms with Crippen molar-refractivity contribution in [2.24, 2.45) is 0 Å². The van der Waals surface area contributed by atoms with Gasteiger partial charge in [-0.15, -0.1) is 0 Å². The molecular weight excluding hydrogens is 240 g/mol. The summed E-state index contributed by atoms with van der Waals surface area (Å²) in [5.74, 6) is 2.41. The predicted octanol–water partition coefficient (Wildman–Crippen LogP) is 4.06. The van der Waals surface area contributed by atoms with Crippen LogP contribution in [0.3, 0.4) is 0 Å². The van der Waals surface area contributed by atoms with Crippen molar-refractivity contribution < 1.29 is 14.2 Å². The molecule has 3 heteroatoms. The second-order valence-corrected chi connectivity index (χ2v) is 5.28. The summed E-state index contributed by atoms with van der Waals surface area (Å²) in [5.41, 5.74) is 0.685. The van der Waals surface area contributed by atoms with E-state index in [4.69, 9.17) is 14.2 Å². The van der Waals surface area contributed by atoms with Gasteiger partial charge >= 0.3 is 0 Å². The first-order chi connectivity index (χ1) is 9.05. The summed E-state index contributed by atoms with van der Waals surface area (Å²) in [6.45, 7) is 6.93. The highest BCUT2D eigenvalue weighted by molar-refractivity contribution is 5.69. The van der Waals surface area contributed by atoms with Crippen LogP contribution in [-0.4, -0.2) is 19.3 Å². The molecule has 0 spiro atoms. The van der Waals surface area contributed by atoms with Crippen molar-refractivity contribution in [2.75, 3.05) is 13.7 Å². The van der Waals surface area contributed by atoms with Crippen molar-refractivity contribution in [3.05, 3.63) is 23.8 Å². The Balaban J connectivity index is 2.28. The zero-order valence-corrected chi connectivity index (χ0v) is 12.2. The van der Waals surface area contributed by atoms with Gasteiger partial charge in [0.2, 0.25) is 0 Å². The molecule has 0 fully saturated rings. The normalized spacial score (nSPS) is 15.6. The van der Waals surface area contributed by atoms with Gasteiger partial charge in [-0.3, -0.25) is 0 Å². The van der Waals surface area contributed by atoms with Crippen molar-refractivity contribution in [3.8, 4) is 17.2 Å². The van der Waals surface area contributed by atoms with E-state index in [0.717, 1.165) is 42.3 Å². The van der Waals surface area contributed by atoms with Crippen LogP contribution in [0, 0.1) is 0 Å². The quantitative estimate of drug-likeness (QED) is 0.749. The van der Waals surface area contributed by atoms with E-state index in [0.29, 0.717) is 0 Å². The standard InChI is InChI=1S/C16H22O3/c1-5-6-9-18-12-10-14(17-4)13-7-8-16(2,3)19-15(13)11-12/h7-8,10-11H,5-6,9H2,1-4H3. The number of fused-ring (bicyclic) bond motifs is 1. The summed E-state index contributed by atoms with van der Waals surface area (Å²) < 4.78 is 17.1. The fraction of sp³-hybridized carbons (Fsp3) is 0.500. The van der Waals surface area contributed by atoms with Crippen molar-refractivity contribution in [3.63, 3.8) is 0 Å². The fourth-order valence-electron chi connectivity index (χ4n) is 2.01. The van der Waals surface area contributed by atoms with Gasteiger partial charge in [-0.05, 0) is 32.4 Å². The monoisotopic (exact) mass is 262 g/mol. The van der Waals surface area contributed by atoms with Crippen LogP contribution < -0.4 is 14.2 Å². The molecule has 1 aliphatic rings. The van der Waals surface area contributed by atoms with Gasteiger partial charge in [0.1, 0.15) is 22.8 Å². The van der Waals surface area contributed by atoms with E-state index < -0.39 is 0 Å². The lowest BCUT2D eigenvalue weighted by atomic mass is 10.0. The van der Waals surface area contributed by atoms with Gasteiger partial charge in [0.15, 0.2) is 0 Å². The molecule has 1 aliphatic heterocycles. The lowest BCUT2D eigenvalue weighted by molar-refractivity contribution is 0.157. The molecular formula is C16H22O3. The first kappa shape index (κ1) is 13.8. The van der Waals surface area contributed by atoms with Crippen molar-refractivity contribution in [1.29, 1.82) is 0 Å². The molecule has 3 nitrogen and oxygen atoms in total. The third kappa shape index (κ3) is 3.22. The molecule has 0 atom stereocenters. The molecule has 0 amide bonds. The highest BCUT2D eigenvalue weighted by atomic mass is 16.5. The number of hydrogen-bond acceptors (Lipinski definition) is 3. The van der Waals surface area contributed by atoms with E-state index in [-0.39, 0.29) is 5.60 Å². The lowest BCUT2D eigenvalue weighted by Gasteiger charge is -2.29. The summed E-state index contributed by atoms with van der Waals surface area (Å²) in [4.78, 5) is 0. The Bertz CT molecular complexity index is 475. The molecule has 1 aromatic carbocycles. The van der Waals surface area contributed by atoms with Gasteiger partial charge in [-0.1, -0.05) is 13.3 Å². The molecule has 1 aromatic rings. The minimum Gasteiger partial charge on any atom is -0.496 e. The molecule has 0 N–H and O–H groups in total. The third-order valence-electron chi connectivity index (χ3n) is 3.09. The van der Waals surface area contributed by atoms with E-state index in [1.54, 1.807) is 7.11 Å². The molecule has 0 unspecified atom stereocenters. The highest BCUT2D eigenvalue weighted by Crippen LogP contribution is 2.40. The Morgan fingerprint density at radius 1 is 1.26 bits per heavy atom. The fourth-order valence-corrected chi connectivity index (χ4v) is 2.01. The zero-order chi connectivity index (χ0) is 13.9. The van der Waals surface area contributed by atoms with Gasteiger partial charge in [0.25, 0.3) is 0 Å². The van der Waals surface area contributed by atoms with Crippen molar-refractivity contribution >= 4 is 6.08 Å². The molecule has 0 radical (unpaired) electrons. The van der Waals surface area contributed by atoms with Crippen LogP contribution in [0.15, 0.2) is 18.2 Å². The van der Waals surface area contributed by atoms with Crippen LogP contribution in [0.2, 0.25) is 0 Å². The summed E-state index contributed by atoms with van der Waals surface area (Å²) in [7, 11) is 1.67. The summed E-state index contributed by atoms with van der Waals surface area (Å²) in [6, 6.07) is 3.86. The maximum Gasteiger partial charge on any atom is 0.135 e. The van der Waals surface area contributed by atoms with Gasteiger partial charge in [0.05, 0.1) is 19.3 Å². The Kier molecular flexibility index (Phi) is 4.03. The van der Waals surface area contributed by atoms with Gasteiger partial charge in [-0.2, -0.15) is 0 Å². The van der Waals surface area contributed by atoms with Gasteiger partial charge in [0, 0.05) is 12.1 Å². The summed E-state index contributed by atoms with van der Waals surface area (Å²) in [5, 5.41) is 0. The first-order valence-electron chi connectivity index (χ1n) is 6.79. The molecule has 19 heavy (non-hydrogen) atoms. The largest absolute Gasteiger partial charge is 0.496 e. The zero-order valence-electron chi connectivity index (χ0n) is 12.2. The molecule has 0 saturated heterocycles. The van der Waals surface area contributed by atoms with Crippen LogP contribution >= 0.6 is 0 Å². The number of ether oxygens (including phenoxy) is 3. The molecule has 2 rings (SSSR count). The molecule has 0 aromatic heterocycles. The van der Waals surface area contributed by atoms with Crippen LogP contribution in [0.5, 0.6) is 17.2 Å². The Labute approximate surface area is 115 Å². The molecule has 104 valence electrons. The summed E-state index contributed by atoms with van der Waals surface area (Å²) >= 11 is 0. The van der Waals surface area contributed by atoms with Crippen LogP contribution in [0.4, 0.5) is 0 Å². The minimum absolute atomic E-state index is 0.292. The lowest BCUT2D eigenvalue weighted by Crippen LogP contribution is -2.27. The van der Waals surface area contributed by atoms with E-state index in [2.05, 4.69) is 6.92 Å². The predicted molar refractivity (Wildman–Crippen MR) is 77.1 cm³/mol. The number of hydrogen-bond donors (Lipinski definition) is 0. The third-order valence-corrected chi connectivity index (χ3v) is 3.09. The van der Waals surface area contributed by atoms with E-state index in [1.807, 2.05) is 38.1 Å². The van der Waals surface area contributed by atoms with Gasteiger partial charge in [-0.25, -0.2) is 0 Å². The molecule has 0 saturated carbocycles. The van der Waals surface area contributed by atoms with Crippen molar-refractivity contribution in [2.45, 2.75) is 39.2 Å². The molecule has 1 heterocycles. The van der Waals surface area contributed by atoms with Crippen LogP contribution in [0.1, 0.15) is 39.2 Å². The summed E-state index contributed by atoms with van der Waals surface area (Å²) in [6.07, 6.45) is 6.25. The van der Waals surface area contributed by atoms with E-state index in [1.165, 1.54) is 0 Å². The van der Waals surface area contributed by atoms with E-state index in [9.17, 15) is 0 Å². The molecule has 0 bridgehead atoms. The van der Waals surface area contributed by atoms with Gasteiger partial charge < -0.3 is 14.2 Å². The average Bonchev–Trinajstić information content (AvgIpc) is 2.36. The highest BCUT2D eigenvalue weighted by Gasteiger charge is 2.24. The van der Waals surface area contributed by atoms with E-state index >= 15 is 0 Å². The Hall–Kier alpha value is -1.64. The number of benzene rings is 1. The molecule has 0 aliphatic carbocycles. The maximum atomic E-state index is 5.96. The first-order valence-corrected chi connectivity index (χ1v) is 6.79. The second-order valence-electron chi connectivity index (χ2n) is 5.28. The van der Waals surface area contributed by atoms with Crippen LogP contribution in [0.25, 0.3) is 6.08 Å². The van der Waals surface area contributed by atoms with Crippen molar-refractivity contribution in [1.82, 2.24) is 0 Å². The topological polar surface area (TPSA) is 27.7 Å². The Morgan fingerprint density at radius 2 is 2.05 bits per heavy atom. The number of methoxy groups -OCH3 is 1. The average molecular weight is 262 g/mol. The SMILES string of the molecule is CCCCOc1cc(OC)c2c(c1)OC(C)(C)C=C2.